The van der Waals surface area contributed by atoms with Crippen LogP contribution in [0, 0.1) is 6.92 Å². The Balaban J connectivity index is 0.00000392. The van der Waals surface area contributed by atoms with Gasteiger partial charge >= 0.3 is 6.18 Å². The van der Waals surface area contributed by atoms with Crippen molar-refractivity contribution in [2.24, 2.45) is 4.99 Å². The van der Waals surface area contributed by atoms with Crippen LogP contribution in [0.1, 0.15) is 24.2 Å². The first kappa shape index (κ1) is 25.0. The van der Waals surface area contributed by atoms with Crippen molar-refractivity contribution in [1.29, 1.82) is 0 Å². The van der Waals surface area contributed by atoms with Crippen LogP contribution in [0.2, 0.25) is 0 Å². The van der Waals surface area contributed by atoms with E-state index in [1.165, 1.54) is 17.5 Å². The number of rotatable bonds is 6. The highest BCUT2D eigenvalue weighted by Gasteiger charge is 2.29. The largest absolute Gasteiger partial charge is 0.401 e. The zero-order valence-corrected chi connectivity index (χ0v) is 19.0. The summed E-state index contributed by atoms with van der Waals surface area (Å²) in [6, 6.07) is 8.13. The minimum atomic E-state index is -4.19. The van der Waals surface area contributed by atoms with Gasteiger partial charge in [0.1, 0.15) is 6.10 Å². The molecule has 1 atom stereocenters. The molecular formula is C19H30F3IN4O. The van der Waals surface area contributed by atoms with Crippen LogP contribution in [0.15, 0.2) is 29.3 Å². The number of nitrogens with zero attached hydrogens (tertiary/aromatic N) is 3. The van der Waals surface area contributed by atoms with Gasteiger partial charge < -0.3 is 15.0 Å². The van der Waals surface area contributed by atoms with Crippen LogP contribution in [-0.2, 0) is 4.74 Å². The first-order valence-electron chi connectivity index (χ1n) is 9.26. The van der Waals surface area contributed by atoms with Crippen molar-refractivity contribution in [3.05, 3.63) is 35.4 Å². The molecule has 1 fully saturated rings. The molecular weight excluding hydrogens is 484 g/mol. The lowest BCUT2D eigenvalue weighted by atomic mass is 10.0. The van der Waals surface area contributed by atoms with Crippen LogP contribution in [0.5, 0.6) is 0 Å². The maximum absolute atomic E-state index is 12.4. The van der Waals surface area contributed by atoms with Crippen molar-refractivity contribution >= 4 is 29.9 Å². The number of benzene rings is 1. The molecule has 1 N–H and O–H groups in total. The van der Waals surface area contributed by atoms with Gasteiger partial charge in [-0.05, 0) is 32.0 Å². The smallest absolute Gasteiger partial charge is 0.370 e. The summed E-state index contributed by atoms with van der Waals surface area (Å²) >= 11 is 0. The predicted octanol–water partition coefficient (Wildman–Crippen LogP) is 3.45. The van der Waals surface area contributed by atoms with Crippen LogP contribution < -0.4 is 5.32 Å². The van der Waals surface area contributed by atoms with Crippen LogP contribution in [-0.4, -0.2) is 74.9 Å². The summed E-state index contributed by atoms with van der Waals surface area (Å²) in [7, 11) is 1.46. The minimum absolute atomic E-state index is 0. The van der Waals surface area contributed by atoms with E-state index in [1.54, 1.807) is 0 Å². The Kier molecular flexibility index (Phi) is 10.5. The first-order valence-corrected chi connectivity index (χ1v) is 9.26. The summed E-state index contributed by atoms with van der Waals surface area (Å²) in [5, 5.41) is 3.24. The third kappa shape index (κ3) is 8.12. The molecule has 0 spiro atoms. The van der Waals surface area contributed by atoms with E-state index in [9.17, 15) is 13.2 Å². The molecule has 5 nitrogen and oxygen atoms in total. The number of aliphatic imine (C=N–C) groups is 1. The normalized spacial score (nSPS) is 18.2. The summed E-state index contributed by atoms with van der Waals surface area (Å²) in [4.78, 5) is 7.88. The molecule has 0 aliphatic carbocycles. The molecule has 0 aromatic heterocycles. The molecule has 9 heteroatoms. The van der Waals surface area contributed by atoms with E-state index in [2.05, 4.69) is 34.3 Å². The standard InChI is InChI=1S/C19H29F3N4O.HI/c1-4-23-18(24-9-10-25(3)14-19(20,21)22)26-11-12-27-17(13-26)16-8-6-5-7-15(16)2;/h5-8,17H,4,9-14H2,1-3H3,(H,23,24);1H. The topological polar surface area (TPSA) is 40.1 Å². The first-order chi connectivity index (χ1) is 12.8. The Labute approximate surface area is 182 Å². The quantitative estimate of drug-likeness (QED) is 0.359. The molecule has 1 aromatic rings. The molecule has 2 rings (SSSR count). The van der Waals surface area contributed by atoms with Crippen molar-refractivity contribution in [2.75, 3.05) is 52.9 Å². The van der Waals surface area contributed by atoms with E-state index in [0.29, 0.717) is 32.8 Å². The lowest BCUT2D eigenvalue weighted by Gasteiger charge is -2.36. The molecule has 1 aromatic carbocycles. The van der Waals surface area contributed by atoms with Gasteiger partial charge in [0.15, 0.2) is 5.96 Å². The van der Waals surface area contributed by atoms with Crippen LogP contribution in [0.25, 0.3) is 0 Å². The maximum Gasteiger partial charge on any atom is 0.401 e. The van der Waals surface area contributed by atoms with Gasteiger partial charge in [0, 0.05) is 19.6 Å². The zero-order valence-electron chi connectivity index (χ0n) is 16.6. The monoisotopic (exact) mass is 514 g/mol. The van der Waals surface area contributed by atoms with E-state index >= 15 is 0 Å². The second kappa shape index (κ2) is 11.8. The minimum Gasteiger partial charge on any atom is -0.370 e. The third-order valence-corrected chi connectivity index (χ3v) is 4.43. The Hall–Kier alpha value is -1.07. The number of guanidine groups is 1. The van der Waals surface area contributed by atoms with Gasteiger partial charge in [-0.3, -0.25) is 9.89 Å². The van der Waals surface area contributed by atoms with Crippen molar-refractivity contribution in [3.8, 4) is 0 Å². The van der Waals surface area contributed by atoms with Gasteiger partial charge in [0.25, 0.3) is 0 Å². The molecule has 0 amide bonds. The number of alkyl halides is 3. The van der Waals surface area contributed by atoms with E-state index in [0.717, 1.165) is 11.5 Å². The van der Waals surface area contributed by atoms with Gasteiger partial charge in [0.2, 0.25) is 0 Å². The van der Waals surface area contributed by atoms with Crippen LogP contribution >= 0.6 is 24.0 Å². The fourth-order valence-corrected chi connectivity index (χ4v) is 3.12. The SMILES string of the molecule is CCNC(=NCCN(C)CC(F)(F)F)N1CCOC(c2ccccc2C)C1.I. The number of nitrogens with one attached hydrogen (secondary N) is 1. The van der Waals surface area contributed by atoms with Gasteiger partial charge in [-0.1, -0.05) is 24.3 Å². The molecule has 1 heterocycles. The molecule has 0 bridgehead atoms. The average molecular weight is 514 g/mol. The Morgan fingerprint density at radius 1 is 1.36 bits per heavy atom. The fraction of sp³-hybridized carbons (Fsp3) is 0.632. The summed E-state index contributed by atoms with van der Waals surface area (Å²) in [5.41, 5.74) is 2.34. The lowest BCUT2D eigenvalue weighted by Crippen LogP contribution is -2.48. The molecule has 1 saturated heterocycles. The summed E-state index contributed by atoms with van der Waals surface area (Å²) < 4.78 is 43.2. The third-order valence-electron chi connectivity index (χ3n) is 4.43. The number of aryl methyl sites for hydroxylation is 1. The number of halogens is 4. The number of likely N-dealkylation sites (N-methyl/N-ethyl adjacent to an activating group) is 1. The van der Waals surface area contributed by atoms with E-state index < -0.39 is 12.7 Å². The molecule has 1 aliphatic rings. The predicted molar refractivity (Wildman–Crippen MR) is 116 cm³/mol. The highest BCUT2D eigenvalue weighted by Crippen LogP contribution is 2.25. The Bertz CT molecular complexity index is 627. The molecule has 28 heavy (non-hydrogen) atoms. The van der Waals surface area contributed by atoms with Gasteiger partial charge in [-0.2, -0.15) is 13.2 Å². The van der Waals surface area contributed by atoms with E-state index in [1.807, 2.05) is 19.1 Å². The molecule has 160 valence electrons. The molecule has 0 radical (unpaired) electrons. The molecule has 1 unspecified atom stereocenters. The van der Waals surface area contributed by atoms with Crippen molar-refractivity contribution in [2.45, 2.75) is 26.1 Å². The van der Waals surface area contributed by atoms with E-state index in [-0.39, 0.29) is 36.6 Å². The van der Waals surface area contributed by atoms with Crippen molar-refractivity contribution in [3.63, 3.8) is 0 Å². The van der Waals surface area contributed by atoms with Gasteiger partial charge in [-0.15, -0.1) is 24.0 Å². The zero-order chi connectivity index (χ0) is 19.9. The summed E-state index contributed by atoms with van der Waals surface area (Å²) in [6.45, 7) is 6.31. The van der Waals surface area contributed by atoms with Crippen molar-refractivity contribution < 1.29 is 17.9 Å². The highest BCUT2D eigenvalue weighted by atomic mass is 127. The van der Waals surface area contributed by atoms with Crippen LogP contribution in [0.3, 0.4) is 0 Å². The van der Waals surface area contributed by atoms with Gasteiger partial charge in [0.05, 0.1) is 26.2 Å². The number of ether oxygens (including phenoxy) is 1. The van der Waals surface area contributed by atoms with Crippen molar-refractivity contribution in [1.82, 2.24) is 15.1 Å². The second-order valence-electron chi connectivity index (χ2n) is 6.75. The second-order valence-corrected chi connectivity index (χ2v) is 6.75. The number of hydrogen-bond donors (Lipinski definition) is 1. The average Bonchev–Trinajstić information content (AvgIpc) is 2.60. The van der Waals surface area contributed by atoms with E-state index in [4.69, 9.17) is 4.74 Å². The fourth-order valence-electron chi connectivity index (χ4n) is 3.12. The Morgan fingerprint density at radius 3 is 2.71 bits per heavy atom. The summed E-state index contributed by atoms with van der Waals surface area (Å²) in [5.74, 6) is 0.722. The molecule has 0 saturated carbocycles. The Morgan fingerprint density at radius 2 is 2.07 bits per heavy atom. The van der Waals surface area contributed by atoms with Gasteiger partial charge in [-0.25, -0.2) is 0 Å². The van der Waals surface area contributed by atoms with Crippen LogP contribution in [0.4, 0.5) is 13.2 Å². The number of morpholine rings is 1. The summed E-state index contributed by atoms with van der Waals surface area (Å²) in [6.07, 6.45) is -4.23. The maximum atomic E-state index is 12.4. The lowest BCUT2D eigenvalue weighted by molar-refractivity contribution is -0.142. The molecule has 1 aliphatic heterocycles. The highest BCUT2D eigenvalue weighted by molar-refractivity contribution is 14.0. The number of hydrogen-bond acceptors (Lipinski definition) is 3.